The molecule has 1 fully saturated rings. The number of nitrogens with zero attached hydrogens (tertiary/aromatic N) is 3. The first-order chi connectivity index (χ1) is 8.65. The number of aromatic nitrogens is 1. The van der Waals surface area contributed by atoms with E-state index in [4.69, 9.17) is 0 Å². The molecule has 0 amide bonds. The van der Waals surface area contributed by atoms with Crippen molar-refractivity contribution in [1.82, 2.24) is 4.98 Å². The van der Waals surface area contributed by atoms with Crippen molar-refractivity contribution in [2.75, 3.05) is 18.0 Å². The third-order valence-corrected chi connectivity index (χ3v) is 3.72. The zero-order valence-electron chi connectivity index (χ0n) is 11.5. The molecule has 1 atom stereocenters. The van der Waals surface area contributed by atoms with Gasteiger partial charge in [-0.15, -0.1) is 0 Å². The fraction of sp³-hybridized carbons (Fsp3) is 0.600. The molecule has 0 N–H and O–H groups in total. The number of nitriles is 1. The Morgan fingerprint density at radius 1 is 1.50 bits per heavy atom. The summed E-state index contributed by atoms with van der Waals surface area (Å²) in [5.74, 6) is 1.66. The van der Waals surface area contributed by atoms with Gasteiger partial charge < -0.3 is 4.90 Å². The molecule has 1 unspecified atom stereocenters. The second-order valence-electron chi connectivity index (χ2n) is 5.28. The van der Waals surface area contributed by atoms with Crippen molar-refractivity contribution < 1.29 is 0 Å². The van der Waals surface area contributed by atoms with Gasteiger partial charge in [0.2, 0.25) is 0 Å². The lowest BCUT2D eigenvalue weighted by Crippen LogP contribution is -2.22. The predicted octanol–water partition coefficient (Wildman–Crippen LogP) is 3.20. The molecule has 1 saturated heterocycles. The summed E-state index contributed by atoms with van der Waals surface area (Å²) in [6.07, 6.45) is 3.75. The maximum Gasteiger partial charge on any atom is 0.147 e. The van der Waals surface area contributed by atoms with Crippen molar-refractivity contribution in [2.24, 2.45) is 5.92 Å². The van der Waals surface area contributed by atoms with Gasteiger partial charge in [-0.05, 0) is 44.2 Å². The highest BCUT2D eigenvalue weighted by Gasteiger charge is 2.25. The molecule has 0 spiro atoms. The second kappa shape index (κ2) is 5.39. The minimum absolute atomic E-state index is 0.748. The summed E-state index contributed by atoms with van der Waals surface area (Å²) in [7, 11) is 0. The summed E-state index contributed by atoms with van der Waals surface area (Å²) in [6, 6.07) is 4.30. The maximum atomic E-state index is 9.30. The van der Waals surface area contributed by atoms with Gasteiger partial charge in [0.15, 0.2) is 0 Å². The maximum absolute atomic E-state index is 9.30. The molecule has 1 aromatic rings. The van der Waals surface area contributed by atoms with Crippen LogP contribution >= 0.6 is 0 Å². The van der Waals surface area contributed by atoms with E-state index in [1.807, 2.05) is 19.9 Å². The van der Waals surface area contributed by atoms with E-state index < -0.39 is 0 Å². The van der Waals surface area contributed by atoms with Crippen molar-refractivity contribution in [3.05, 3.63) is 22.9 Å². The molecular formula is C15H21N3. The molecule has 0 aromatic carbocycles. The van der Waals surface area contributed by atoms with E-state index in [2.05, 4.69) is 22.9 Å². The summed E-state index contributed by atoms with van der Waals surface area (Å²) in [5, 5.41) is 9.30. The zero-order valence-corrected chi connectivity index (χ0v) is 11.5. The Morgan fingerprint density at radius 3 is 2.94 bits per heavy atom. The molecule has 0 radical (unpaired) electrons. The van der Waals surface area contributed by atoms with Crippen LogP contribution in [0.5, 0.6) is 0 Å². The normalized spacial score (nSPS) is 19.0. The van der Waals surface area contributed by atoms with Crippen LogP contribution in [0.15, 0.2) is 6.07 Å². The first-order valence-corrected chi connectivity index (χ1v) is 6.79. The molecule has 96 valence electrons. The highest BCUT2D eigenvalue weighted by Crippen LogP contribution is 2.29. The van der Waals surface area contributed by atoms with Gasteiger partial charge in [-0.3, -0.25) is 0 Å². The average Bonchev–Trinajstić information content (AvgIpc) is 2.77. The lowest BCUT2D eigenvalue weighted by molar-refractivity contribution is 0.529. The fourth-order valence-corrected chi connectivity index (χ4v) is 2.85. The molecule has 0 saturated carbocycles. The van der Waals surface area contributed by atoms with Crippen LogP contribution in [-0.4, -0.2) is 18.1 Å². The van der Waals surface area contributed by atoms with E-state index >= 15 is 0 Å². The predicted molar refractivity (Wildman–Crippen MR) is 73.7 cm³/mol. The SMILES string of the molecule is CCCC1CCN(c2nc(C)cc(C)c2C#N)C1. The Morgan fingerprint density at radius 2 is 2.28 bits per heavy atom. The van der Waals surface area contributed by atoms with E-state index in [9.17, 15) is 5.26 Å². The van der Waals surface area contributed by atoms with Crippen LogP contribution in [0.4, 0.5) is 5.82 Å². The number of rotatable bonds is 3. The smallest absolute Gasteiger partial charge is 0.147 e. The summed E-state index contributed by atoms with van der Waals surface area (Å²) >= 11 is 0. The molecule has 2 heterocycles. The van der Waals surface area contributed by atoms with Gasteiger partial charge in [0.05, 0.1) is 5.56 Å². The fourth-order valence-electron chi connectivity index (χ4n) is 2.85. The first kappa shape index (κ1) is 12.9. The van der Waals surface area contributed by atoms with Gasteiger partial charge in [-0.1, -0.05) is 13.3 Å². The number of anilines is 1. The lowest BCUT2D eigenvalue weighted by Gasteiger charge is -2.20. The third-order valence-electron chi connectivity index (χ3n) is 3.72. The molecule has 3 nitrogen and oxygen atoms in total. The highest BCUT2D eigenvalue weighted by atomic mass is 15.2. The van der Waals surface area contributed by atoms with Crippen molar-refractivity contribution in [3.8, 4) is 6.07 Å². The largest absolute Gasteiger partial charge is 0.355 e. The number of hydrogen-bond donors (Lipinski definition) is 0. The summed E-state index contributed by atoms with van der Waals surface area (Å²) in [5.41, 5.74) is 2.79. The lowest BCUT2D eigenvalue weighted by atomic mass is 10.0. The van der Waals surface area contributed by atoms with E-state index in [1.165, 1.54) is 19.3 Å². The number of hydrogen-bond acceptors (Lipinski definition) is 3. The summed E-state index contributed by atoms with van der Waals surface area (Å²) < 4.78 is 0. The monoisotopic (exact) mass is 243 g/mol. The zero-order chi connectivity index (χ0) is 13.1. The Bertz CT molecular complexity index is 473. The Balaban J connectivity index is 2.27. The van der Waals surface area contributed by atoms with E-state index in [1.54, 1.807) is 0 Å². The van der Waals surface area contributed by atoms with Gasteiger partial charge >= 0.3 is 0 Å². The average molecular weight is 243 g/mol. The molecule has 1 aliphatic heterocycles. The third kappa shape index (κ3) is 2.48. The quantitative estimate of drug-likeness (QED) is 0.818. The van der Waals surface area contributed by atoms with Gasteiger partial charge in [0, 0.05) is 18.8 Å². The first-order valence-electron chi connectivity index (χ1n) is 6.79. The Labute approximate surface area is 109 Å². The standard InChI is InChI=1S/C15H21N3/c1-4-5-13-6-7-18(10-13)15-14(9-16)11(2)8-12(3)17-15/h8,13H,4-7,10H2,1-3H3. The Kier molecular flexibility index (Phi) is 3.86. The van der Waals surface area contributed by atoms with Crippen LogP contribution in [0.3, 0.4) is 0 Å². The van der Waals surface area contributed by atoms with Gasteiger partial charge in [0.1, 0.15) is 11.9 Å². The summed E-state index contributed by atoms with van der Waals surface area (Å²) in [6.45, 7) is 8.32. The minimum Gasteiger partial charge on any atom is -0.355 e. The molecule has 1 aromatic heterocycles. The van der Waals surface area contributed by atoms with E-state index in [0.29, 0.717) is 0 Å². The molecule has 18 heavy (non-hydrogen) atoms. The minimum atomic E-state index is 0.748. The van der Waals surface area contributed by atoms with Crippen molar-refractivity contribution in [3.63, 3.8) is 0 Å². The van der Waals surface area contributed by atoms with Crippen molar-refractivity contribution >= 4 is 5.82 Å². The van der Waals surface area contributed by atoms with Crippen molar-refractivity contribution in [1.29, 1.82) is 5.26 Å². The van der Waals surface area contributed by atoms with Gasteiger partial charge in [-0.25, -0.2) is 4.98 Å². The van der Waals surface area contributed by atoms with E-state index in [-0.39, 0.29) is 0 Å². The molecule has 1 aliphatic rings. The van der Waals surface area contributed by atoms with Gasteiger partial charge in [0.25, 0.3) is 0 Å². The van der Waals surface area contributed by atoms with Crippen LogP contribution in [0, 0.1) is 31.1 Å². The summed E-state index contributed by atoms with van der Waals surface area (Å²) in [4.78, 5) is 6.88. The van der Waals surface area contributed by atoms with Crippen LogP contribution < -0.4 is 4.90 Å². The van der Waals surface area contributed by atoms with Crippen molar-refractivity contribution in [2.45, 2.75) is 40.0 Å². The second-order valence-corrected chi connectivity index (χ2v) is 5.28. The molecule has 0 aliphatic carbocycles. The number of aryl methyl sites for hydroxylation is 2. The molecule has 0 bridgehead atoms. The molecule has 3 heteroatoms. The molecular weight excluding hydrogens is 222 g/mol. The van der Waals surface area contributed by atoms with Gasteiger partial charge in [-0.2, -0.15) is 5.26 Å². The van der Waals surface area contributed by atoms with Crippen LogP contribution in [0.1, 0.15) is 43.0 Å². The number of pyridine rings is 1. The van der Waals surface area contributed by atoms with Crippen LogP contribution in [-0.2, 0) is 0 Å². The topological polar surface area (TPSA) is 39.9 Å². The molecule has 2 rings (SSSR count). The highest BCUT2D eigenvalue weighted by molar-refractivity contribution is 5.58. The Hall–Kier alpha value is -1.56. The van der Waals surface area contributed by atoms with E-state index in [0.717, 1.165) is 41.6 Å². The van der Waals surface area contributed by atoms with Crippen LogP contribution in [0.25, 0.3) is 0 Å². The van der Waals surface area contributed by atoms with Crippen LogP contribution in [0.2, 0.25) is 0 Å².